The SMILES string of the molecule is Brc1ccc2ccsc2c1.C[Si](C)(C)[N-][Si](C)(C)C.Nc1ccc2ccsc2c1.[Li+]. The van der Waals surface area contributed by atoms with Gasteiger partial charge in [0, 0.05) is 19.6 Å². The van der Waals surface area contributed by atoms with Crippen molar-refractivity contribution in [3.63, 3.8) is 0 Å². The monoisotopic (exact) mass is 528 g/mol. The van der Waals surface area contributed by atoms with Crippen LogP contribution in [0.15, 0.2) is 63.8 Å². The van der Waals surface area contributed by atoms with Gasteiger partial charge in [-0.05, 0) is 57.9 Å². The van der Waals surface area contributed by atoms with E-state index in [-0.39, 0.29) is 18.9 Å². The number of halogens is 1. The van der Waals surface area contributed by atoms with Crippen LogP contribution in [0.1, 0.15) is 0 Å². The first-order valence-electron chi connectivity index (χ1n) is 9.52. The van der Waals surface area contributed by atoms with Gasteiger partial charge in [0.25, 0.3) is 0 Å². The van der Waals surface area contributed by atoms with Gasteiger partial charge in [-0.2, -0.15) is 0 Å². The van der Waals surface area contributed by atoms with Crippen molar-refractivity contribution in [3.8, 4) is 0 Å². The molecule has 2 N–H and O–H groups in total. The molecule has 30 heavy (non-hydrogen) atoms. The molecule has 8 heteroatoms. The number of nitrogens with two attached hydrogens (primary N) is 1. The van der Waals surface area contributed by atoms with E-state index in [1.54, 1.807) is 22.7 Å². The van der Waals surface area contributed by atoms with Gasteiger partial charge in [0.15, 0.2) is 0 Å². The van der Waals surface area contributed by atoms with Crippen molar-refractivity contribution in [3.05, 3.63) is 68.4 Å². The van der Waals surface area contributed by atoms with E-state index in [0.29, 0.717) is 0 Å². The minimum absolute atomic E-state index is 0. The Morgan fingerprint density at radius 3 is 1.67 bits per heavy atom. The van der Waals surface area contributed by atoms with Crippen LogP contribution in [0, 0.1) is 0 Å². The van der Waals surface area contributed by atoms with Gasteiger partial charge in [-0.3, -0.25) is 0 Å². The largest absolute Gasteiger partial charge is 1.00 e. The molecule has 0 atom stereocenters. The van der Waals surface area contributed by atoms with Crippen LogP contribution in [-0.2, 0) is 0 Å². The molecular formula is C22H30BrLiN2S2Si2. The zero-order chi connectivity index (χ0) is 21.7. The quantitative estimate of drug-likeness (QED) is 0.244. The Balaban J connectivity index is 0.000000222. The summed E-state index contributed by atoms with van der Waals surface area (Å²) in [4.78, 5) is 0. The fourth-order valence-electron chi connectivity index (χ4n) is 2.91. The molecule has 4 aromatic rings. The number of rotatable bonds is 2. The summed E-state index contributed by atoms with van der Waals surface area (Å²) in [6, 6.07) is 16.5. The normalized spacial score (nSPS) is 11.2. The summed E-state index contributed by atoms with van der Waals surface area (Å²) in [6.45, 7) is 13.8. The predicted molar refractivity (Wildman–Crippen MR) is 146 cm³/mol. The number of thiophene rings is 2. The van der Waals surface area contributed by atoms with Crippen molar-refractivity contribution in [1.82, 2.24) is 0 Å². The minimum atomic E-state index is -1.11. The van der Waals surface area contributed by atoms with Crippen LogP contribution < -0.4 is 24.6 Å². The zero-order valence-electron chi connectivity index (χ0n) is 19.0. The van der Waals surface area contributed by atoms with Crippen molar-refractivity contribution in [2.75, 3.05) is 5.73 Å². The van der Waals surface area contributed by atoms with Crippen LogP contribution in [0.25, 0.3) is 24.8 Å². The van der Waals surface area contributed by atoms with E-state index < -0.39 is 16.5 Å². The van der Waals surface area contributed by atoms with E-state index in [4.69, 9.17) is 10.4 Å². The van der Waals surface area contributed by atoms with Crippen LogP contribution >= 0.6 is 38.6 Å². The molecule has 0 radical (unpaired) electrons. The molecule has 0 fully saturated rings. The summed E-state index contributed by atoms with van der Waals surface area (Å²) in [7, 11) is -2.21. The Hall–Kier alpha value is -0.369. The number of anilines is 1. The van der Waals surface area contributed by atoms with Crippen LogP contribution in [0.4, 0.5) is 5.69 Å². The number of benzene rings is 2. The van der Waals surface area contributed by atoms with Gasteiger partial charge in [0.1, 0.15) is 0 Å². The topological polar surface area (TPSA) is 40.1 Å². The van der Waals surface area contributed by atoms with Gasteiger partial charge >= 0.3 is 18.9 Å². The second-order valence-corrected chi connectivity index (χ2v) is 21.2. The average Bonchev–Trinajstić information content (AvgIpc) is 3.20. The smallest absolute Gasteiger partial charge is 0.668 e. The second-order valence-electron chi connectivity index (χ2n) is 8.77. The Bertz CT molecular complexity index is 968. The standard InChI is InChI=1S/C8H5BrS.C8H7NS.C6H18NSi2.Li/c2*9-7-2-1-6-3-4-10-8(6)5-7;1-8(2,3)7-9(4,5)6;/h1-5H;1-5H,9H2;1-6H3;/q;;-1;+1. The van der Waals surface area contributed by atoms with Gasteiger partial charge in [-0.15, -0.1) is 22.7 Å². The van der Waals surface area contributed by atoms with Gasteiger partial charge in [-0.25, -0.2) is 0 Å². The average molecular weight is 530 g/mol. The molecule has 2 aromatic carbocycles. The minimum Gasteiger partial charge on any atom is -0.668 e. The Morgan fingerprint density at radius 2 is 1.20 bits per heavy atom. The van der Waals surface area contributed by atoms with Gasteiger partial charge in [0.2, 0.25) is 0 Å². The molecule has 0 aliphatic heterocycles. The van der Waals surface area contributed by atoms with Gasteiger partial charge in [-0.1, -0.05) is 83.8 Å². The fraction of sp³-hybridized carbons (Fsp3) is 0.273. The van der Waals surface area contributed by atoms with Gasteiger partial charge < -0.3 is 10.4 Å². The van der Waals surface area contributed by atoms with E-state index in [2.05, 4.69) is 96.3 Å². The molecule has 0 amide bonds. The van der Waals surface area contributed by atoms with E-state index in [1.807, 2.05) is 18.2 Å². The number of fused-ring (bicyclic) bond motifs is 2. The molecular weight excluding hydrogens is 499 g/mol. The molecule has 2 nitrogen and oxygen atoms in total. The number of nitrogen functional groups attached to an aromatic ring is 1. The predicted octanol–water partition coefficient (Wildman–Crippen LogP) is 6.18. The second kappa shape index (κ2) is 12.0. The molecule has 156 valence electrons. The van der Waals surface area contributed by atoms with Crippen molar-refractivity contribution in [2.24, 2.45) is 0 Å². The first-order chi connectivity index (χ1) is 13.4. The van der Waals surface area contributed by atoms with E-state index in [1.165, 1.54) is 20.2 Å². The molecule has 0 aliphatic rings. The molecule has 4 rings (SSSR count). The Kier molecular flexibility index (Phi) is 11.1. The maximum Gasteiger partial charge on any atom is 1.00 e. The fourth-order valence-corrected chi connectivity index (χ4v) is 13.1. The maximum atomic E-state index is 5.59. The zero-order valence-corrected chi connectivity index (χ0v) is 24.2. The summed E-state index contributed by atoms with van der Waals surface area (Å²) in [6.07, 6.45) is 0. The van der Waals surface area contributed by atoms with E-state index >= 15 is 0 Å². The third kappa shape index (κ3) is 10.3. The maximum absolute atomic E-state index is 5.59. The summed E-state index contributed by atoms with van der Waals surface area (Å²) in [5.41, 5.74) is 6.43. The Labute approximate surface area is 211 Å². The molecule has 2 heterocycles. The summed E-state index contributed by atoms with van der Waals surface area (Å²) >= 11 is 6.92. The summed E-state index contributed by atoms with van der Waals surface area (Å²) in [5.74, 6) is 0. The number of nitrogens with zero attached hydrogens (tertiary/aromatic N) is 1. The van der Waals surface area contributed by atoms with Crippen LogP contribution in [-0.4, -0.2) is 16.5 Å². The van der Waals surface area contributed by atoms with Crippen molar-refractivity contribution < 1.29 is 18.9 Å². The van der Waals surface area contributed by atoms with Gasteiger partial charge in [0.05, 0.1) is 0 Å². The number of hydrogen-bond donors (Lipinski definition) is 1. The van der Waals surface area contributed by atoms with Crippen LogP contribution in [0.2, 0.25) is 39.3 Å². The summed E-state index contributed by atoms with van der Waals surface area (Å²) < 4.78 is 8.58. The van der Waals surface area contributed by atoms with Crippen molar-refractivity contribution >= 4 is 80.9 Å². The van der Waals surface area contributed by atoms with E-state index in [9.17, 15) is 0 Å². The first-order valence-corrected chi connectivity index (χ1v) is 19.0. The van der Waals surface area contributed by atoms with E-state index in [0.717, 1.165) is 10.2 Å². The Morgan fingerprint density at radius 1 is 0.733 bits per heavy atom. The molecule has 0 saturated heterocycles. The first kappa shape index (κ1) is 27.7. The van der Waals surface area contributed by atoms with Crippen molar-refractivity contribution in [2.45, 2.75) is 39.3 Å². The number of hydrogen-bond acceptors (Lipinski definition) is 3. The summed E-state index contributed by atoms with van der Waals surface area (Å²) in [5, 5.41) is 6.79. The molecule has 0 spiro atoms. The molecule has 0 saturated carbocycles. The molecule has 0 bridgehead atoms. The molecule has 0 unspecified atom stereocenters. The van der Waals surface area contributed by atoms with Crippen LogP contribution in [0.3, 0.4) is 0 Å². The van der Waals surface area contributed by atoms with Crippen molar-refractivity contribution in [1.29, 1.82) is 0 Å². The third-order valence-corrected chi connectivity index (χ3v) is 11.2. The molecule has 2 aromatic heterocycles. The molecule has 0 aliphatic carbocycles. The van der Waals surface area contributed by atoms with Crippen LogP contribution in [0.5, 0.6) is 0 Å². The third-order valence-electron chi connectivity index (χ3n) is 3.57.